The first-order chi connectivity index (χ1) is 58.0. The van der Waals surface area contributed by atoms with E-state index in [2.05, 4.69) is 185 Å². The highest BCUT2D eigenvalue weighted by atomic mass is 15.2. The predicted molar refractivity (Wildman–Crippen MR) is 445 cm³/mol. The lowest BCUT2D eigenvalue weighted by molar-refractivity contribution is 0.590. The Morgan fingerprint density at radius 3 is 0.981 bits per heavy atom. The number of rotatable bonds is 9. The Bertz CT molecular complexity index is 6660. The van der Waals surface area contributed by atoms with Crippen LogP contribution in [0.3, 0.4) is 0 Å². The molecule has 17 aromatic rings. The Hall–Kier alpha value is -12.4. The van der Waals surface area contributed by atoms with Crippen LogP contribution in [-0.2, 0) is 17.3 Å². The van der Waals surface area contributed by atoms with Gasteiger partial charge in [-0.2, -0.15) is 0 Å². The minimum absolute atomic E-state index is 0.0497. The number of para-hydroxylation sites is 4. The predicted octanol–water partition coefficient (Wildman–Crippen LogP) is 24.3. The van der Waals surface area contributed by atoms with Crippen LogP contribution in [0.15, 0.2) is 339 Å². The number of hydrogen-bond donors (Lipinski definition) is 0. The molecule has 500 valence electrons. The third-order valence-electron chi connectivity index (χ3n) is 21.8. The Morgan fingerprint density at radius 1 is 0.333 bits per heavy atom. The molecule has 20 rings (SSSR count). The lowest BCUT2D eigenvalue weighted by Gasteiger charge is -2.46. The summed E-state index contributed by atoms with van der Waals surface area (Å²) in [5.74, 6) is -0.450. The van der Waals surface area contributed by atoms with Gasteiger partial charge in [0.2, 0.25) is 0 Å². The second-order valence-electron chi connectivity index (χ2n) is 29.9. The minimum Gasteiger partial charge on any atom is -0.310 e. The summed E-state index contributed by atoms with van der Waals surface area (Å²) in [4.78, 5) is 4.76. The van der Waals surface area contributed by atoms with Gasteiger partial charge in [0, 0.05) is 83.8 Å². The normalized spacial score (nSPS) is 15.4. The SMILES string of the molecule is [2H]c1c([2H])c([2H])c2c(c1[2H])c1c([2H])c([2H])c([2H])c([2H])c1n2-c1ccc2c(c1)N(c1c(-c3ccccc3)cc(C(C)(C)C)cc1-c1ccccc1)c1cc(C3c4ccccc4Cc4ccccc43)cc3c1B2c1ccc(-n2c4c([2H])c([2H])c([2H])c([2H])c4c4c([2H])c([2H])c([2H])c([2H])c42)cc1N3c1c(-c2ccccc2)cc(C(C)(C)C)cc1-c1ccccc1. The first kappa shape index (κ1) is 47.7. The molecule has 0 bridgehead atoms. The van der Waals surface area contributed by atoms with Gasteiger partial charge in [0.05, 0.1) is 55.4 Å². The summed E-state index contributed by atoms with van der Waals surface area (Å²) in [6.45, 7) is 12.5. The van der Waals surface area contributed by atoms with Crippen molar-refractivity contribution in [3.8, 4) is 55.9 Å². The van der Waals surface area contributed by atoms with Crippen molar-refractivity contribution >= 4 is 101 Å². The van der Waals surface area contributed by atoms with Gasteiger partial charge >= 0.3 is 0 Å². The molecule has 2 aliphatic heterocycles. The Morgan fingerprint density at radius 2 is 0.648 bits per heavy atom. The lowest BCUT2D eigenvalue weighted by atomic mass is 9.33. The molecule has 4 nitrogen and oxygen atoms in total. The van der Waals surface area contributed by atoms with E-state index in [0.29, 0.717) is 29.2 Å². The van der Waals surface area contributed by atoms with Crippen molar-refractivity contribution in [3.63, 3.8) is 0 Å². The third kappa shape index (κ3) is 9.96. The van der Waals surface area contributed by atoms with Crippen molar-refractivity contribution in [2.24, 2.45) is 0 Å². The number of nitrogens with zero attached hydrogens (tertiary/aromatic N) is 4. The molecule has 0 amide bonds. The smallest absolute Gasteiger partial charge is 0.252 e. The molecule has 2 aromatic heterocycles. The van der Waals surface area contributed by atoms with E-state index >= 15 is 0 Å². The van der Waals surface area contributed by atoms with E-state index < -0.39 is 120 Å². The molecule has 1 aliphatic carbocycles. The Labute approximate surface area is 637 Å². The summed E-state index contributed by atoms with van der Waals surface area (Å²) < 4.78 is 156. The van der Waals surface area contributed by atoms with Crippen LogP contribution >= 0.6 is 0 Å². The highest BCUT2D eigenvalue weighted by molar-refractivity contribution is 7.00. The maximum Gasteiger partial charge on any atom is 0.252 e. The molecule has 0 N–H and O–H groups in total. The van der Waals surface area contributed by atoms with E-state index in [1.807, 2.05) is 109 Å². The Kier molecular flexibility index (Phi) is 10.9. The molecular formula is C100H77BN4. The van der Waals surface area contributed by atoms with Crippen LogP contribution in [0.25, 0.3) is 99.5 Å². The quantitative estimate of drug-likeness (QED) is 0.134. The van der Waals surface area contributed by atoms with Gasteiger partial charge in [-0.1, -0.05) is 296 Å². The molecule has 105 heavy (non-hydrogen) atoms. The summed E-state index contributed by atoms with van der Waals surface area (Å²) in [6.07, 6.45) is 0.666. The van der Waals surface area contributed by atoms with E-state index in [1.165, 1.54) is 0 Å². The average molecular weight is 1360 g/mol. The fourth-order valence-corrected chi connectivity index (χ4v) is 16.9. The molecule has 4 heterocycles. The molecule has 0 fully saturated rings. The molecule has 0 saturated carbocycles. The summed E-state index contributed by atoms with van der Waals surface area (Å²) >= 11 is 0. The highest BCUT2D eigenvalue weighted by Gasteiger charge is 2.47. The zero-order valence-corrected chi connectivity index (χ0v) is 58.7. The van der Waals surface area contributed by atoms with E-state index in [-0.39, 0.29) is 43.6 Å². The van der Waals surface area contributed by atoms with E-state index in [0.717, 1.165) is 123 Å². The van der Waals surface area contributed by atoms with Crippen LogP contribution in [0.5, 0.6) is 0 Å². The first-order valence-corrected chi connectivity index (χ1v) is 35.9. The van der Waals surface area contributed by atoms with Crippen molar-refractivity contribution < 1.29 is 21.9 Å². The van der Waals surface area contributed by atoms with Crippen molar-refractivity contribution in [1.29, 1.82) is 0 Å². The minimum atomic E-state index is -0.797. The second-order valence-corrected chi connectivity index (χ2v) is 29.9. The molecule has 5 heteroatoms. The van der Waals surface area contributed by atoms with Gasteiger partial charge < -0.3 is 18.9 Å². The fourth-order valence-electron chi connectivity index (χ4n) is 16.9. The Balaban J connectivity index is 1.04. The first-order valence-electron chi connectivity index (χ1n) is 43.9. The molecule has 0 radical (unpaired) electrons. The number of anilines is 6. The van der Waals surface area contributed by atoms with E-state index in [9.17, 15) is 16.4 Å². The van der Waals surface area contributed by atoms with Crippen molar-refractivity contribution in [2.75, 3.05) is 9.80 Å². The standard InChI is InChI=1S/C100H77BN4/c1-99(2,3)71-58-81(64-31-11-7-12-32-64)97(82(59-71)65-33-13-8-14-34-65)104-91-62-73(102-87-47-27-23-43-77(87)78-44-24-28-48-88(78)102)51-53-85(91)101-86-54-52-74(103-89-49-29-25-45-79(89)80-46-26-30-50-90(80)103)63-92(86)105(98-83(66-35-15-9-16-36-66)60-72(100(4,5)6)61-84(98)67-37-17-10-18-38-67)94-57-70(56-93(104)96(94)101)95-75-41-21-19-39-68(75)55-69-40-20-22-42-76(69)95/h7-54,56-63,95H,55H2,1-6H3/i23D,24D,25D,26D,27D,28D,29D,30D,43D,44D,45D,46D,47D,48D,49D,50D. The lowest BCUT2D eigenvalue weighted by Crippen LogP contribution is -2.61. The monoisotopic (exact) mass is 1360 g/mol. The summed E-state index contributed by atoms with van der Waals surface area (Å²) in [5.41, 5.74) is 20.6. The zero-order chi connectivity index (χ0) is 84.3. The maximum atomic E-state index is 9.97. The number of benzene rings is 15. The van der Waals surface area contributed by atoms with Crippen molar-refractivity contribution in [3.05, 3.63) is 378 Å². The van der Waals surface area contributed by atoms with Gasteiger partial charge in [0.25, 0.3) is 6.71 Å². The van der Waals surface area contributed by atoms with Crippen molar-refractivity contribution in [2.45, 2.75) is 64.7 Å². The van der Waals surface area contributed by atoms with Gasteiger partial charge in [-0.15, -0.1) is 0 Å². The summed E-state index contributed by atoms with van der Waals surface area (Å²) in [5, 5.41) is -0.287. The molecule has 0 atom stereocenters. The average Bonchev–Trinajstić information content (AvgIpc) is 1.69. The van der Waals surface area contributed by atoms with Crippen LogP contribution in [0.4, 0.5) is 34.1 Å². The number of aromatic nitrogens is 2. The zero-order valence-electron chi connectivity index (χ0n) is 74.7. The van der Waals surface area contributed by atoms with Gasteiger partial charge in [-0.05, 0) is 180 Å². The van der Waals surface area contributed by atoms with Crippen LogP contribution < -0.4 is 26.2 Å². The van der Waals surface area contributed by atoms with E-state index in [1.54, 1.807) is 9.13 Å². The van der Waals surface area contributed by atoms with Crippen LogP contribution in [-0.4, -0.2) is 15.8 Å². The fraction of sp³-hybridized carbons (Fsp3) is 0.100. The second kappa shape index (κ2) is 24.1. The number of fused-ring (bicyclic) bond motifs is 12. The van der Waals surface area contributed by atoms with Gasteiger partial charge in [-0.25, -0.2) is 0 Å². The largest absolute Gasteiger partial charge is 0.310 e. The van der Waals surface area contributed by atoms with Crippen LogP contribution in [0.1, 0.15) is 108 Å². The summed E-state index contributed by atoms with van der Waals surface area (Å²) in [6, 6.07) is 76.2. The molecule has 0 unspecified atom stereocenters. The van der Waals surface area contributed by atoms with Crippen LogP contribution in [0, 0.1) is 0 Å². The van der Waals surface area contributed by atoms with Crippen LogP contribution in [0.2, 0.25) is 0 Å². The molecule has 0 saturated heterocycles. The van der Waals surface area contributed by atoms with Gasteiger partial charge in [0.15, 0.2) is 0 Å². The highest BCUT2D eigenvalue weighted by Crippen LogP contribution is 2.57. The van der Waals surface area contributed by atoms with Gasteiger partial charge in [0.1, 0.15) is 0 Å². The topological polar surface area (TPSA) is 16.3 Å². The third-order valence-corrected chi connectivity index (χ3v) is 21.8. The maximum absolute atomic E-state index is 9.97. The van der Waals surface area contributed by atoms with E-state index in [4.69, 9.17) is 5.48 Å². The summed E-state index contributed by atoms with van der Waals surface area (Å²) in [7, 11) is 0. The molecule has 0 spiro atoms. The number of hydrogen-bond acceptors (Lipinski definition) is 2. The molecule has 15 aromatic carbocycles. The van der Waals surface area contributed by atoms with Crippen molar-refractivity contribution in [1.82, 2.24) is 9.13 Å². The van der Waals surface area contributed by atoms with Gasteiger partial charge in [-0.3, -0.25) is 0 Å². The molecular weight excluding hydrogens is 1270 g/mol. The molecule has 3 aliphatic rings.